The van der Waals surface area contributed by atoms with Crippen LogP contribution >= 0.6 is 0 Å². The van der Waals surface area contributed by atoms with Crippen LogP contribution in [0.15, 0.2) is 67.0 Å². The molecule has 0 aliphatic rings. The van der Waals surface area contributed by atoms with E-state index in [-0.39, 0.29) is 11.6 Å². The molecule has 0 fully saturated rings. The third kappa shape index (κ3) is 5.68. The second-order valence-electron chi connectivity index (χ2n) is 7.65. The van der Waals surface area contributed by atoms with Gasteiger partial charge in [0.15, 0.2) is 5.82 Å². The predicted molar refractivity (Wildman–Crippen MR) is 121 cm³/mol. The van der Waals surface area contributed by atoms with Crippen LogP contribution in [0.3, 0.4) is 0 Å². The van der Waals surface area contributed by atoms with E-state index in [4.69, 9.17) is 4.74 Å². The van der Waals surface area contributed by atoms with E-state index < -0.39 is 6.61 Å². The average molecular weight is 452 g/mol. The van der Waals surface area contributed by atoms with Crippen LogP contribution in [0.1, 0.15) is 16.7 Å². The second-order valence-corrected chi connectivity index (χ2v) is 7.65. The van der Waals surface area contributed by atoms with Crippen molar-refractivity contribution in [2.45, 2.75) is 25.9 Å². The molecule has 1 heterocycles. The molecule has 4 rings (SSSR count). The molecule has 0 unspecified atom stereocenters. The molecule has 7 heteroatoms. The maximum atomic E-state index is 15.1. The summed E-state index contributed by atoms with van der Waals surface area (Å²) in [5.74, 6) is 0.435. The van der Waals surface area contributed by atoms with Crippen LogP contribution in [-0.4, -0.2) is 30.3 Å². The smallest absolute Gasteiger partial charge is 0.387 e. The number of aryl methyl sites for hydroxylation is 2. The second kappa shape index (κ2) is 10.4. The lowest BCUT2D eigenvalue weighted by atomic mass is 9.99. The van der Waals surface area contributed by atoms with Crippen molar-refractivity contribution in [2.24, 2.45) is 0 Å². The fourth-order valence-electron chi connectivity index (χ4n) is 3.64. The van der Waals surface area contributed by atoms with Crippen molar-refractivity contribution < 1.29 is 22.6 Å². The first kappa shape index (κ1) is 22.7. The van der Waals surface area contributed by atoms with E-state index in [0.29, 0.717) is 36.2 Å². The Hall–Kier alpha value is -3.45. The number of fused-ring (bicyclic) bond motifs is 1. The van der Waals surface area contributed by atoms with Crippen molar-refractivity contribution in [1.29, 1.82) is 0 Å². The molecule has 0 saturated heterocycles. The Morgan fingerprint density at radius 1 is 0.848 bits per heavy atom. The highest BCUT2D eigenvalue weighted by Gasteiger charge is 2.11. The van der Waals surface area contributed by atoms with Gasteiger partial charge in [-0.05, 0) is 59.5 Å². The third-order valence-corrected chi connectivity index (χ3v) is 5.42. The van der Waals surface area contributed by atoms with Crippen molar-refractivity contribution in [3.8, 4) is 17.1 Å². The van der Waals surface area contributed by atoms with Crippen LogP contribution in [0.25, 0.3) is 22.2 Å². The summed E-state index contributed by atoms with van der Waals surface area (Å²) in [6, 6.07) is 15.5. The van der Waals surface area contributed by atoms with Crippen LogP contribution < -0.4 is 4.74 Å². The van der Waals surface area contributed by atoms with E-state index in [9.17, 15) is 8.78 Å². The van der Waals surface area contributed by atoms with E-state index >= 15 is 4.39 Å². The zero-order valence-corrected chi connectivity index (χ0v) is 18.1. The van der Waals surface area contributed by atoms with Crippen LogP contribution in [0.5, 0.6) is 5.75 Å². The van der Waals surface area contributed by atoms with Crippen LogP contribution in [0.4, 0.5) is 13.2 Å². The van der Waals surface area contributed by atoms with Crippen molar-refractivity contribution in [3.63, 3.8) is 0 Å². The Morgan fingerprint density at radius 2 is 1.61 bits per heavy atom. The number of hydrogen-bond donors (Lipinski definition) is 0. The molecular weight excluding hydrogens is 429 g/mol. The van der Waals surface area contributed by atoms with E-state index in [1.807, 2.05) is 18.2 Å². The highest BCUT2D eigenvalue weighted by molar-refractivity contribution is 5.87. The molecule has 3 aromatic carbocycles. The molecule has 0 N–H and O–H groups in total. The fraction of sp³-hybridized carbons (Fsp3) is 0.231. The quantitative estimate of drug-likeness (QED) is 0.312. The molecule has 0 saturated carbocycles. The number of hydrogen-bond acceptors (Lipinski definition) is 4. The summed E-state index contributed by atoms with van der Waals surface area (Å²) in [4.78, 5) is 8.85. The van der Waals surface area contributed by atoms with E-state index in [2.05, 4.69) is 14.7 Å². The molecule has 4 nitrogen and oxygen atoms in total. The Kier molecular flexibility index (Phi) is 7.19. The van der Waals surface area contributed by atoms with Gasteiger partial charge in [0.2, 0.25) is 0 Å². The fourth-order valence-corrected chi connectivity index (χ4v) is 3.64. The number of rotatable bonds is 9. The topological polar surface area (TPSA) is 44.2 Å². The van der Waals surface area contributed by atoms with Gasteiger partial charge >= 0.3 is 6.61 Å². The summed E-state index contributed by atoms with van der Waals surface area (Å²) < 4.78 is 49.1. The minimum absolute atomic E-state index is 0.107. The molecular formula is C26H23F3N2O2. The minimum atomic E-state index is -2.85. The number of alkyl halides is 2. The Morgan fingerprint density at radius 3 is 2.30 bits per heavy atom. The van der Waals surface area contributed by atoms with E-state index in [1.165, 1.54) is 12.1 Å². The molecule has 0 spiro atoms. The summed E-state index contributed by atoms with van der Waals surface area (Å²) >= 11 is 0. The predicted octanol–water partition coefficient (Wildman–Crippen LogP) is 6.01. The first-order valence-electron chi connectivity index (χ1n) is 10.6. The van der Waals surface area contributed by atoms with Gasteiger partial charge in [-0.2, -0.15) is 8.78 Å². The molecule has 0 atom stereocenters. The van der Waals surface area contributed by atoms with Gasteiger partial charge in [-0.25, -0.2) is 14.4 Å². The molecule has 0 radical (unpaired) electrons. The van der Waals surface area contributed by atoms with Crippen molar-refractivity contribution in [2.75, 3.05) is 13.7 Å². The normalized spacial score (nSPS) is 11.3. The van der Waals surface area contributed by atoms with Gasteiger partial charge in [0.25, 0.3) is 0 Å². The van der Waals surface area contributed by atoms with Gasteiger partial charge < -0.3 is 9.47 Å². The van der Waals surface area contributed by atoms with Gasteiger partial charge in [0.05, 0.1) is 6.61 Å². The van der Waals surface area contributed by atoms with Gasteiger partial charge in [0.1, 0.15) is 11.6 Å². The average Bonchev–Trinajstić information content (AvgIpc) is 2.83. The van der Waals surface area contributed by atoms with Crippen LogP contribution in [0, 0.1) is 5.82 Å². The minimum Gasteiger partial charge on any atom is -0.435 e. The monoisotopic (exact) mass is 452 g/mol. The summed E-state index contributed by atoms with van der Waals surface area (Å²) in [7, 11) is 1.65. The lowest BCUT2D eigenvalue weighted by Gasteiger charge is -2.09. The van der Waals surface area contributed by atoms with Crippen LogP contribution in [-0.2, 0) is 24.0 Å². The lowest BCUT2D eigenvalue weighted by Crippen LogP contribution is -2.02. The summed E-state index contributed by atoms with van der Waals surface area (Å²) in [5, 5.41) is 1.31. The molecule has 170 valence electrons. The number of methoxy groups -OCH3 is 1. The molecule has 0 aliphatic carbocycles. The number of ether oxygens (including phenoxy) is 2. The Labute approximate surface area is 190 Å². The maximum absolute atomic E-state index is 15.1. The number of nitrogens with zero attached hydrogens (tertiary/aromatic N) is 2. The molecule has 0 aliphatic heterocycles. The third-order valence-electron chi connectivity index (χ3n) is 5.42. The number of aromatic nitrogens is 2. The highest BCUT2D eigenvalue weighted by atomic mass is 19.3. The maximum Gasteiger partial charge on any atom is 0.387 e. The number of benzene rings is 3. The number of halogens is 3. The van der Waals surface area contributed by atoms with Crippen molar-refractivity contribution in [1.82, 2.24) is 9.97 Å². The molecule has 4 aromatic rings. The van der Waals surface area contributed by atoms with Gasteiger partial charge in [-0.1, -0.05) is 36.4 Å². The van der Waals surface area contributed by atoms with Gasteiger partial charge in [0, 0.05) is 30.5 Å². The summed E-state index contributed by atoms with van der Waals surface area (Å²) in [6.07, 6.45) is 5.38. The molecule has 1 aromatic heterocycles. The lowest BCUT2D eigenvalue weighted by molar-refractivity contribution is -0.0498. The standard InChI is InChI=1S/C26H23F3N2O2/c1-32-13-12-18-15-30-25(31-16-18)21-8-11-23-20(14-21)7-6-19(24(23)27)5-2-17-3-9-22(10-4-17)33-26(28)29/h3-4,6-11,14-16,26H,2,5,12-13H2,1H3. The molecule has 33 heavy (non-hydrogen) atoms. The van der Waals surface area contributed by atoms with Crippen molar-refractivity contribution in [3.05, 3.63) is 89.5 Å². The zero-order chi connectivity index (χ0) is 23.2. The zero-order valence-electron chi connectivity index (χ0n) is 18.1. The first-order chi connectivity index (χ1) is 16.0. The Balaban J connectivity index is 1.47. The van der Waals surface area contributed by atoms with Gasteiger partial charge in [-0.15, -0.1) is 0 Å². The van der Waals surface area contributed by atoms with Crippen LogP contribution in [0.2, 0.25) is 0 Å². The first-order valence-corrected chi connectivity index (χ1v) is 10.6. The SMILES string of the molecule is COCCc1cnc(-c2ccc3c(F)c(CCc4ccc(OC(F)F)cc4)ccc3c2)nc1. The van der Waals surface area contributed by atoms with E-state index in [1.54, 1.807) is 43.8 Å². The summed E-state index contributed by atoms with van der Waals surface area (Å²) in [5.41, 5.74) is 3.33. The van der Waals surface area contributed by atoms with E-state index in [0.717, 1.165) is 28.5 Å². The summed E-state index contributed by atoms with van der Waals surface area (Å²) in [6.45, 7) is -2.24. The van der Waals surface area contributed by atoms with Crippen molar-refractivity contribution >= 4 is 10.8 Å². The molecule has 0 amide bonds. The van der Waals surface area contributed by atoms with Gasteiger partial charge in [-0.3, -0.25) is 0 Å². The highest BCUT2D eigenvalue weighted by Crippen LogP contribution is 2.27. The Bertz CT molecular complexity index is 1210. The molecule has 0 bridgehead atoms. The largest absolute Gasteiger partial charge is 0.435 e.